The van der Waals surface area contributed by atoms with Gasteiger partial charge in [-0.2, -0.15) is 0 Å². The van der Waals surface area contributed by atoms with E-state index in [4.69, 9.17) is 9.47 Å². The highest BCUT2D eigenvalue weighted by Crippen LogP contribution is 2.43. The molecule has 0 radical (unpaired) electrons. The number of ether oxygens (including phenoxy) is 2. The molecule has 2 heterocycles. The summed E-state index contributed by atoms with van der Waals surface area (Å²) in [6.45, 7) is 8.20. The van der Waals surface area contributed by atoms with E-state index in [2.05, 4.69) is 5.32 Å². The molecule has 2 aliphatic rings. The molecule has 4 rings (SSSR count). The van der Waals surface area contributed by atoms with E-state index in [1.807, 2.05) is 52.0 Å². The fourth-order valence-electron chi connectivity index (χ4n) is 3.90. The zero-order valence-corrected chi connectivity index (χ0v) is 18.8. The van der Waals surface area contributed by atoms with Crippen LogP contribution in [0.5, 0.6) is 17.2 Å². The maximum atomic E-state index is 11.8. The number of carbonyl (C=O) groups is 2. The van der Waals surface area contributed by atoms with Crippen molar-refractivity contribution < 1.29 is 24.2 Å². The second-order valence-corrected chi connectivity index (χ2v) is 9.31. The Morgan fingerprint density at radius 1 is 1.23 bits per heavy atom. The van der Waals surface area contributed by atoms with E-state index in [0.717, 1.165) is 58.2 Å². The molecular weight excluding hydrogens is 414 g/mol. The maximum absolute atomic E-state index is 11.8. The van der Waals surface area contributed by atoms with Crippen LogP contribution in [0.3, 0.4) is 0 Å². The lowest BCUT2D eigenvalue weighted by Gasteiger charge is -2.37. The molecule has 31 heavy (non-hydrogen) atoms. The van der Waals surface area contributed by atoms with E-state index < -0.39 is 5.60 Å². The van der Waals surface area contributed by atoms with Gasteiger partial charge in [0.15, 0.2) is 0 Å². The Balaban J connectivity index is 1.50. The van der Waals surface area contributed by atoms with Crippen LogP contribution in [0.4, 0.5) is 4.79 Å². The van der Waals surface area contributed by atoms with Crippen LogP contribution >= 0.6 is 11.8 Å². The number of fused-ring (bicyclic) bond motifs is 1. The average molecular weight is 440 g/mol. The van der Waals surface area contributed by atoms with Gasteiger partial charge in [-0.15, -0.1) is 0 Å². The molecule has 2 aliphatic heterocycles. The van der Waals surface area contributed by atoms with Crippen LogP contribution in [0.2, 0.25) is 0 Å². The van der Waals surface area contributed by atoms with Gasteiger partial charge in [0.2, 0.25) is 0 Å². The quantitative estimate of drug-likeness (QED) is 0.666. The summed E-state index contributed by atoms with van der Waals surface area (Å²) in [5.41, 5.74) is 4.02. The first kappa shape index (κ1) is 21.3. The van der Waals surface area contributed by atoms with Crippen molar-refractivity contribution in [2.45, 2.75) is 46.1 Å². The number of amides is 2. The number of phenols is 1. The number of carbonyl (C=O) groups excluding carboxylic acids is 2. The van der Waals surface area contributed by atoms with Crippen LogP contribution in [-0.2, 0) is 11.2 Å². The van der Waals surface area contributed by atoms with E-state index in [9.17, 15) is 14.7 Å². The normalized spacial score (nSPS) is 21.6. The highest BCUT2D eigenvalue weighted by molar-refractivity contribution is 8.18. The highest BCUT2D eigenvalue weighted by Gasteiger charge is 2.35. The van der Waals surface area contributed by atoms with E-state index in [1.165, 1.54) is 0 Å². The number of thioether (sulfide) groups is 1. The van der Waals surface area contributed by atoms with Crippen molar-refractivity contribution in [2.75, 3.05) is 6.61 Å². The molecule has 1 unspecified atom stereocenters. The third kappa shape index (κ3) is 4.14. The van der Waals surface area contributed by atoms with Gasteiger partial charge >= 0.3 is 0 Å². The number of benzene rings is 2. The maximum Gasteiger partial charge on any atom is 0.290 e. The molecule has 0 bridgehead atoms. The van der Waals surface area contributed by atoms with E-state index >= 15 is 0 Å². The smallest absolute Gasteiger partial charge is 0.290 e. The highest BCUT2D eigenvalue weighted by atomic mass is 32.2. The summed E-state index contributed by atoms with van der Waals surface area (Å²) in [5.74, 6) is 1.48. The van der Waals surface area contributed by atoms with Crippen LogP contribution in [0, 0.1) is 20.8 Å². The molecule has 1 fully saturated rings. The van der Waals surface area contributed by atoms with Crippen LogP contribution in [0.1, 0.15) is 41.2 Å². The molecule has 7 heteroatoms. The van der Waals surface area contributed by atoms with E-state index in [0.29, 0.717) is 23.0 Å². The van der Waals surface area contributed by atoms with Gasteiger partial charge in [-0.1, -0.05) is 12.1 Å². The zero-order valence-electron chi connectivity index (χ0n) is 18.0. The summed E-state index contributed by atoms with van der Waals surface area (Å²) in [7, 11) is 0. The molecule has 0 spiro atoms. The number of aromatic hydroxyl groups is 1. The van der Waals surface area contributed by atoms with Crippen LogP contribution in [0.25, 0.3) is 6.08 Å². The van der Waals surface area contributed by atoms with Gasteiger partial charge < -0.3 is 14.6 Å². The summed E-state index contributed by atoms with van der Waals surface area (Å²) >= 11 is 0.891. The van der Waals surface area contributed by atoms with Crippen molar-refractivity contribution in [3.8, 4) is 17.2 Å². The predicted octanol–water partition coefficient (Wildman–Crippen LogP) is 4.80. The molecule has 0 aromatic heterocycles. The van der Waals surface area contributed by atoms with Gasteiger partial charge in [-0.05, 0) is 92.8 Å². The molecule has 2 N–H and O–H groups in total. The lowest BCUT2D eigenvalue weighted by atomic mass is 9.87. The second-order valence-electron chi connectivity index (χ2n) is 8.30. The number of hydrogen-bond donors (Lipinski definition) is 2. The fraction of sp³-hybridized carbons (Fsp3) is 0.333. The first-order valence-electron chi connectivity index (χ1n) is 10.2. The third-order valence-electron chi connectivity index (χ3n) is 5.93. The number of imide groups is 1. The summed E-state index contributed by atoms with van der Waals surface area (Å²) in [4.78, 5) is 23.5. The minimum atomic E-state index is -0.504. The van der Waals surface area contributed by atoms with Crippen LogP contribution in [-0.4, -0.2) is 28.5 Å². The molecular formula is C24H25NO5S. The van der Waals surface area contributed by atoms with Crippen molar-refractivity contribution in [2.24, 2.45) is 0 Å². The van der Waals surface area contributed by atoms with Crippen LogP contribution < -0.4 is 14.8 Å². The molecule has 162 valence electrons. The van der Waals surface area contributed by atoms with E-state index in [1.54, 1.807) is 6.08 Å². The van der Waals surface area contributed by atoms with Gasteiger partial charge in [-0.3, -0.25) is 14.9 Å². The molecule has 0 saturated carbocycles. The average Bonchev–Trinajstić information content (AvgIpc) is 3.06. The summed E-state index contributed by atoms with van der Waals surface area (Å²) in [5, 5.41) is 12.2. The SMILES string of the molecule is Cc1c(C)c2c(c(C)c1O)CCC(C)(COc1cccc(/C=C3\SC(=O)NC3=O)c1)O2. The number of nitrogens with one attached hydrogen (secondary N) is 1. The summed E-state index contributed by atoms with van der Waals surface area (Å²) in [6, 6.07) is 7.39. The fourth-order valence-corrected chi connectivity index (χ4v) is 4.58. The lowest BCUT2D eigenvalue weighted by Crippen LogP contribution is -2.42. The first-order valence-corrected chi connectivity index (χ1v) is 11.0. The molecule has 0 aliphatic carbocycles. The van der Waals surface area contributed by atoms with Gasteiger partial charge in [0, 0.05) is 5.56 Å². The molecule has 2 aromatic carbocycles. The Kier molecular flexibility index (Phi) is 5.47. The van der Waals surface area contributed by atoms with Crippen molar-refractivity contribution >= 4 is 29.0 Å². The summed E-state index contributed by atoms with van der Waals surface area (Å²) in [6.07, 6.45) is 3.25. The van der Waals surface area contributed by atoms with Crippen molar-refractivity contribution in [3.63, 3.8) is 0 Å². The van der Waals surface area contributed by atoms with Gasteiger partial charge in [0.05, 0.1) is 4.91 Å². The Hall–Kier alpha value is -2.93. The van der Waals surface area contributed by atoms with Crippen molar-refractivity contribution in [1.82, 2.24) is 5.32 Å². The minimum Gasteiger partial charge on any atom is -0.507 e. The Morgan fingerprint density at radius 2 is 2.00 bits per heavy atom. The summed E-state index contributed by atoms with van der Waals surface area (Å²) < 4.78 is 12.5. The Morgan fingerprint density at radius 3 is 2.71 bits per heavy atom. The largest absolute Gasteiger partial charge is 0.507 e. The molecule has 1 atom stereocenters. The van der Waals surface area contributed by atoms with Crippen LogP contribution in [0.15, 0.2) is 29.2 Å². The standard InChI is InChI=1S/C24H25NO5S/c1-13-14(2)21-18(15(3)20(13)26)8-9-24(4,30-21)12-29-17-7-5-6-16(10-17)11-19-22(27)25-23(28)31-19/h5-7,10-11,26H,8-9,12H2,1-4H3,(H,25,27,28)/b19-11-. The van der Waals surface area contributed by atoms with Gasteiger partial charge in [0.1, 0.15) is 29.5 Å². The number of hydrogen-bond acceptors (Lipinski definition) is 6. The molecule has 2 aromatic rings. The molecule has 2 amide bonds. The second kappa shape index (κ2) is 7.96. The minimum absolute atomic E-state index is 0.349. The first-order chi connectivity index (χ1) is 14.7. The molecule has 6 nitrogen and oxygen atoms in total. The predicted molar refractivity (Wildman–Crippen MR) is 121 cm³/mol. The van der Waals surface area contributed by atoms with Crippen molar-refractivity contribution in [3.05, 3.63) is 57.0 Å². The Bertz CT molecular complexity index is 1120. The Labute approximate surface area is 185 Å². The lowest BCUT2D eigenvalue weighted by molar-refractivity contribution is -0.115. The third-order valence-corrected chi connectivity index (χ3v) is 6.75. The molecule has 1 saturated heterocycles. The van der Waals surface area contributed by atoms with Gasteiger partial charge in [0.25, 0.3) is 11.1 Å². The number of phenolic OH excluding ortho intramolecular Hbond substituents is 1. The zero-order chi connectivity index (χ0) is 22.3. The van der Waals surface area contributed by atoms with Gasteiger partial charge in [-0.25, -0.2) is 0 Å². The topological polar surface area (TPSA) is 84.9 Å². The number of rotatable bonds is 4. The van der Waals surface area contributed by atoms with Crippen molar-refractivity contribution in [1.29, 1.82) is 0 Å². The monoisotopic (exact) mass is 439 g/mol. The van der Waals surface area contributed by atoms with E-state index in [-0.39, 0.29) is 11.1 Å².